The average molecular weight is 192 g/mol. The molecule has 0 unspecified atom stereocenters. The van der Waals surface area contributed by atoms with Gasteiger partial charge >= 0.3 is 0 Å². The molecule has 0 atom stereocenters. The van der Waals surface area contributed by atoms with Gasteiger partial charge in [0.05, 0.1) is 0 Å². The summed E-state index contributed by atoms with van der Waals surface area (Å²) in [5.41, 5.74) is 10.6. The molecular weight excluding hydrogens is 172 g/mol. The van der Waals surface area contributed by atoms with Crippen molar-refractivity contribution in [1.82, 2.24) is 5.32 Å². The minimum atomic E-state index is 0.509. The molecule has 0 aliphatic rings. The molecule has 0 saturated heterocycles. The predicted octanol–water partition coefficient (Wildman–Crippen LogP) is 2.38. The molecule has 1 aromatic carbocycles. The Kier molecular flexibility index (Phi) is 3.53. The Labute approximate surface area is 86.5 Å². The molecule has 78 valence electrons. The van der Waals surface area contributed by atoms with Gasteiger partial charge in [0.1, 0.15) is 0 Å². The SMILES string of the molecule is Cc1ccc(N)c(C)c1CNC(C)C. The lowest BCUT2D eigenvalue weighted by molar-refractivity contribution is 0.586. The maximum absolute atomic E-state index is 5.87. The van der Waals surface area contributed by atoms with E-state index in [0.29, 0.717) is 6.04 Å². The van der Waals surface area contributed by atoms with E-state index in [9.17, 15) is 0 Å². The Morgan fingerprint density at radius 3 is 2.50 bits per heavy atom. The second-order valence-corrected chi connectivity index (χ2v) is 4.11. The summed E-state index contributed by atoms with van der Waals surface area (Å²) in [6.07, 6.45) is 0. The fourth-order valence-corrected chi connectivity index (χ4v) is 1.49. The molecule has 0 radical (unpaired) electrons. The van der Waals surface area contributed by atoms with Gasteiger partial charge in [0.25, 0.3) is 0 Å². The Morgan fingerprint density at radius 1 is 1.29 bits per heavy atom. The number of nitrogens with one attached hydrogen (secondary N) is 1. The van der Waals surface area contributed by atoms with Gasteiger partial charge in [-0.1, -0.05) is 19.9 Å². The van der Waals surface area contributed by atoms with E-state index in [1.165, 1.54) is 16.7 Å². The number of rotatable bonds is 3. The van der Waals surface area contributed by atoms with Gasteiger partial charge in [-0.2, -0.15) is 0 Å². The molecular formula is C12H20N2. The van der Waals surface area contributed by atoms with Crippen LogP contribution in [-0.4, -0.2) is 6.04 Å². The number of hydrogen-bond donors (Lipinski definition) is 2. The van der Waals surface area contributed by atoms with Crippen LogP contribution >= 0.6 is 0 Å². The first-order valence-electron chi connectivity index (χ1n) is 5.10. The van der Waals surface area contributed by atoms with Crippen molar-refractivity contribution in [2.75, 3.05) is 5.73 Å². The van der Waals surface area contributed by atoms with E-state index in [4.69, 9.17) is 5.73 Å². The maximum atomic E-state index is 5.87. The standard InChI is InChI=1S/C12H20N2/c1-8(2)14-7-11-9(3)5-6-12(13)10(11)4/h5-6,8,14H,7,13H2,1-4H3. The zero-order chi connectivity index (χ0) is 10.7. The highest BCUT2D eigenvalue weighted by atomic mass is 14.9. The van der Waals surface area contributed by atoms with E-state index < -0.39 is 0 Å². The zero-order valence-electron chi connectivity index (χ0n) is 9.52. The van der Waals surface area contributed by atoms with Gasteiger partial charge in [0.15, 0.2) is 0 Å². The third kappa shape index (κ3) is 2.48. The first kappa shape index (κ1) is 11.1. The van der Waals surface area contributed by atoms with Crippen LogP contribution in [-0.2, 0) is 6.54 Å². The Bertz CT molecular complexity index is 316. The van der Waals surface area contributed by atoms with Gasteiger partial charge in [-0.15, -0.1) is 0 Å². The lowest BCUT2D eigenvalue weighted by Crippen LogP contribution is -2.23. The van der Waals surface area contributed by atoms with E-state index in [-0.39, 0.29) is 0 Å². The van der Waals surface area contributed by atoms with Crippen molar-refractivity contribution in [2.24, 2.45) is 0 Å². The number of benzene rings is 1. The van der Waals surface area contributed by atoms with Crippen LogP contribution in [0.15, 0.2) is 12.1 Å². The van der Waals surface area contributed by atoms with Gasteiger partial charge in [-0.3, -0.25) is 0 Å². The molecule has 0 aliphatic heterocycles. The summed E-state index contributed by atoms with van der Waals surface area (Å²) in [7, 11) is 0. The van der Waals surface area contributed by atoms with Gasteiger partial charge in [-0.05, 0) is 36.6 Å². The maximum Gasteiger partial charge on any atom is 0.0347 e. The van der Waals surface area contributed by atoms with Crippen LogP contribution in [0, 0.1) is 13.8 Å². The second kappa shape index (κ2) is 4.47. The van der Waals surface area contributed by atoms with E-state index >= 15 is 0 Å². The van der Waals surface area contributed by atoms with Crippen molar-refractivity contribution < 1.29 is 0 Å². The third-order valence-electron chi connectivity index (χ3n) is 2.56. The van der Waals surface area contributed by atoms with Crippen molar-refractivity contribution in [2.45, 2.75) is 40.3 Å². The van der Waals surface area contributed by atoms with Crippen molar-refractivity contribution in [3.05, 3.63) is 28.8 Å². The highest BCUT2D eigenvalue weighted by Gasteiger charge is 2.05. The molecule has 2 heteroatoms. The lowest BCUT2D eigenvalue weighted by atomic mass is 10.0. The van der Waals surface area contributed by atoms with Crippen LogP contribution in [0.5, 0.6) is 0 Å². The van der Waals surface area contributed by atoms with E-state index in [0.717, 1.165) is 12.2 Å². The van der Waals surface area contributed by atoms with Crippen molar-refractivity contribution >= 4 is 5.69 Å². The quantitative estimate of drug-likeness (QED) is 0.722. The first-order valence-corrected chi connectivity index (χ1v) is 5.10. The number of aryl methyl sites for hydroxylation is 1. The summed E-state index contributed by atoms with van der Waals surface area (Å²) in [5, 5.41) is 3.42. The molecule has 0 spiro atoms. The van der Waals surface area contributed by atoms with Crippen LogP contribution < -0.4 is 11.1 Å². The summed E-state index contributed by atoms with van der Waals surface area (Å²) in [6.45, 7) is 9.41. The number of nitrogen functional groups attached to an aromatic ring is 1. The van der Waals surface area contributed by atoms with Gasteiger partial charge < -0.3 is 11.1 Å². The molecule has 0 amide bonds. The summed E-state index contributed by atoms with van der Waals surface area (Å²) in [4.78, 5) is 0. The minimum Gasteiger partial charge on any atom is -0.399 e. The zero-order valence-corrected chi connectivity index (χ0v) is 9.52. The minimum absolute atomic E-state index is 0.509. The van der Waals surface area contributed by atoms with Gasteiger partial charge in [-0.25, -0.2) is 0 Å². The van der Waals surface area contributed by atoms with Crippen LogP contribution in [0.1, 0.15) is 30.5 Å². The molecule has 1 aromatic rings. The van der Waals surface area contributed by atoms with Gasteiger partial charge in [0.2, 0.25) is 0 Å². The molecule has 0 aromatic heterocycles. The number of hydrogen-bond acceptors (Lipinski definition) is 2. The summed E-state index contributed by atoms with van der Waals surface area (Å²) in [5.74, 6) is 0. The molecule has 0 bridgehead atoms. The van der Waals surface area contributed by atoms with E-state index in [1.54, 1.807) is 0 Å². The van der Waals surface area contributed by atoms with Crippen molar-refractivity contribution in [1.29, 1.82) is 0 Å². The average Bonchev–Trinajstić information content (AvgIpc) is 2.11. The van der Waals surface area contributed by atoms with Crippen LogP contribution in [0.25, 0.3) is 0 Å². The second-order valence-electron chi connectivity index (χ2n) is 4.11. The largest absolute Gasteiger partial charge is 0.399 e. The summed E-state index contributed by atoms with van der Waals surface area (Å²) >= 11 is 0. The highest BCUT2D eigenvalue weighted by Crippen LogP contribution is 2.19. The predicted molar refractivity (Wildman–Crippen MR) is 62.3 cm³/mol. The molecule has 2 nitrogen and oxygen atoms in total. The van der Waals surface area contributed by atoms with E-state index in [1.807, 2.05) is 6.07 Å². The number of anilines is 1. The van der Waals surface area contributed by atoms with Crippen LogP contribution in [0.3, 0.4) is 0 Å². The number of nitrogens with two attached hydrogens (primary N) is 1. The van der Waals surface area contributed by atoms with Gasteiger partial charge in [0, 0.05) is 18.3 Å². The van der Waals surface area contributed by atoms with Crippen molar-refractivity contribution in [3.63, 3.8) is 0 Å². The molecule has 3 N–H and O–H groups in total. The van der Waals surface area contributed by atoms with E-state index in [2.05, 4.69) is 39.1 Å². The first-order chi connectivity index (χ1) is 6.52. The fourth-order valence-electron chi connectivity index (χ4n) is 1.49. The molecule has 0 saturated carbocycles. The van der Waals surface area contributed by atoms with Crippen molar-refractivity contribution in [3.8, 4) is 0 Å². The monoisotopic (exact) mass is 192 g/mol. The highest BCUT2D eigenvalue weighted by molar-refractivity contribution is 5.52. The molecule has 14 heavy (non-hydrogen) atoms. The normalized spacial score (nSPS) is 10.9. The Hall–Kier alpha value is -1.02. The van der Waals surface area contributed by atoms with Crippen LogP contribution in [0.4, 0.5) is 5.69 Å². The lowest BCUT2D eigenvalue weighted by Gasteiger charge is -2.14. The van der Waals surface area contributed by atoms with Crippen LogP contribution in [0.2, 0.25) is 0 Å². The topological polar surface area (TPSA) is 38.0 Å². The molecule has 0 aliphatic carbocycles. The smallest absolute Gasteiger partial charge is 0.0347 e. The molecule has 0 fully saturated rings. The molecule has 1 rings (SSSR count). The third-order valence-corrected chi connectivity index (χ3v) is 2.56. The Morgan fingerprint density at radius 2 is 1.93 bits per heavy atom. The molecule has 0 heterocycles. The fraction of sp³-hybridized carbons (Fsp3) is 0.500. The summed E-state index contributed by atoms with van der Waals surface area (Å²) < 4.78 is 0. The Balaban J connectivity index is 2.89. The summed E-state index contributed by atoms with van der Waals surface area (Å²) in [6, 6.07) is 4.57.